The lowest BCUT2D eigenvalue weighted by Crippen LogP contribution is -2.22. The third kappa shape index (κ3) is 4.27. The van der Waals surface area contributed by atoms with Gasteiger partial charge in [-0.1, -0.05) is 31.7 Å². The summed E-state index contributed by atoms with van der Waals surface area (Å²) < 4.78 is 5.23. The number of nitrogens with one attached hydrogen (secondary N) is 1. The molecule has 0 aliphatic heterocycles. The summed E-state index contributed by atoms with van der Waals surface area (Å²) in [4.78, 5) is 12.2. The Morgan fingerprint density at radius 1 is 1.30 bits per heavy atom. The maximum Gasteiger partial charge on any atom is 0.227 e. The number of hydrogen-bond donors (Lipinski definition) is 1. The number of anilines is 1. The van der Waals surface area contributed by atoms with Crippen LogP contribution >= 0.6 is 0 Å². The Morgan fingerprint density at radius 3 is 2.75 bits per heavy atom. The normalized spacial score (nSPS) is 15.9. The molecule has 1 aliphatic carbocycles. The van der Waals surface area contributed by atoms with Gasteiger partial charge in [-0.2, -0.15) is 5.26 Å². The second kappa shape index (κ2) is 7.54. The van der Waals surface area contributed by atoms with Crippen molar-refractivity contribution in [1.82, 2.24) is 0 Å². The summed E-state index contributed by atoms with van der Waals surface area (Å²) in [6.45, 7) is 0.0139. The first-order valence-electron chi connectivity index (χ1n) is 7.20. The first-order chi connectivity index (χ1) is 9.79. The average molecular weight is 272 g/mol. The van der Waals surface area contributed by atoms with Crippen LogP contribution in [0.4, 0.5) is 5.69 Å². The summed E-state index contributed by atoms with van der Waals surface area (Å²) in [6.07, 6.45) is 6.72. The Kier molecular flexibility index (Phi) is 5.43. The van der Waals surface area contributed by atoms with Crippen molar-refractivity contribution >= 4 is 11.6 Å². The first kappa shape index (κ1) is 14.4. The Hall–Kier alpha value is -2.02. The molecule has 1 fully saturated rings. The fourth-order valence-corrected chi connectivity index (χ4v) is 2.57. The highest BCUT2D eigenvalue weighted by atomic mass is 16.5. The van der Waals surface area contributed by atoms with Crippen LogP contribution in [0, 0.1) is 17.2 Å². The molecule has 0 bridgehead atoms. The number of carbonyl (C=O) groups is 1. The Balaban J connectivity index is 1.94. The summed E-state index contributed by atoms with van der Waals surface area (Å²) in [5.74, 6) is 0.829. The monoisotopic (exact) mass is 272 g/mol. The molecule has 4 heteroatoms. The first-order valence-corrected chi connectivity index (χ1v) is 7.20. The van der Waals surface area contributed by atoms with Gasteiger partial charge in [-0.05, 0) is 25.0 Å². The van der Waals surface area contributed by atoms with E-state index in [-0.39, 0.29) is 18.4 Å². The van der Waals surface area contributed by atoms with Crippen molar-refractivity contribution < 1.29 is 9.53 Å². The van der Waals surface area contributed by atoms with Gasteiger partial charge in [-0.3, -0.25) is 4.79 Å². The van der Waals surface area contributed by atoms with Crippen LogP contribution in [-0.4, -0.2) is 12.5 Å². The predicted octanol–water partition coefficient (Wildman–Crippen LogP) is 3.50. The number of hydrogen-bond acceptors (Lipinski definition) is 3. The smallest absolute Gasteiger partial charge is 0.227 e. The molecular formula is C16H20N2O2. The van der Waals surface area contributed by atoms with Crippen molar-refractivity contribution in [3.63, 3.8) is 0 Å². The molecule has 20 heavy (non-hydrogen) atoms. The molecular weight excluding hydrogens is 252 g/mol. The van der Waals surface area contributed by atoms with Crippen LogP contribution in [0.2, 0.25) is 0 Å². The van der Waals surface area contributed by atoms with Crippen molar-refractivity contribution in [1.29, 1.82) is 5.26 Å². The summed E-state index contributed by atoms with van der Waals surface area (Å²) >= 11 is 0. The predicted molar refractivity (Wildman–Crippen MR) is 77.4 cm³/mol. The molecule has 0 aromatic heterocycles. The fourth-order valence-electron chi connectivity index (χ4n) is 2.57. The third-order valence-electron chi connectivity index (χ3n) is 3.63. The second-order valence-corrected chi connectivity index (χ2v) is 5.15. The van der Waals surface area contributed by atoms with Gasteiger partial charge in [-0.25, -0.2) is 0 Å². The molecule has 1 aliphatic rings. The van der Waals surface area contributed by atoms with E-state index < -0.39 is 0 Å². The maximum absolute atomic E-state index is 12.2. The van der Waals surface area contributed by atoms with E-state index >= 15 is 0 Å². The average Bonchev–Trinajstić information content (AvgIpc) is 2.74. The van der Waals surface area contributed by atoms with E-state index in [9.17, 15) is 4.79 Å². The van der Waals surface area contributed by atoms with Gasteiger partial charge in [0.05, 0.1) is 0 Å². The van der Waals surface area contributed by atoms with Gasteiger partial charge in [0.1, 0.15) is 11.8 Å². The molecule has 1 aromatic rings. The van der Waals surface area contributed by atoms with E-state index in [0.717, 1.165) is 31.4 Å². The molecule has 1 saturated carbocycles. The summed E-state index contributed by atoms with van der Waals surface area (Å²) in [5, 5.41) is 11.4. The molecule has 106 valence electrons. The lowest BCUT2D eigenvalue weighted by molar-refractivity contribution is -0.120. The van der Waals surface area contributed by atoms with Gasteiger partial charge >= 0.3 is 0 Å². The van der Waals surface area contributed by atoms with Crippen LogP contribution in [0.3, 0.4) is 0 Å². The summed E-state index contributed by atoms with van der Waals surface area (Å²) in [6, 6.07) is 9.11. The molecule has 1 N–H and O–H groups in total. The van der Waals surface area contributed by atoms with E-state index in [2.05, 4.69) is 5.32 Å². The van der Waals surface area contributed by atoms with Gasteiger partial charge in [0.25, 0.3) is 0 Å². The Bertz CT molecular complexity index is 485. The lowest BCUT2D eigenvalue weighted by Gasteiger charge is -2.14. The Morgan fingerprint density at radius 2 is 2.05 bits per heavy atom. The molecule has 0 radical (unpaired) electrons. The van der Waals surface area contributed by atoms with Crippen molar-refractivity contribution in [3.8, 4) is 11.8 Å². The minimum absolute atomic E-state index is 0.0139. The van der Waals surface area contributed by atoms with Crippen molar-refractivity contribution in [2.45, 2.75) is 38.5 Å². The molecule has 0 saturated heterocycles. The van der Waals surface area contributed by atoms with Crippen molar-refractivity contribution in [2.24, 2.45) is 5.92 Å². The van der Waals surface area contributed by atoms with Crippen LogP contribution in [-0.2, 0) is 4.79 Å². The molecule has 1 aromatic carbocycles. The minimum atomic E-state index is 0.0139. The highest BCUT2D eigenvalue weighted by Crippen LogP contribution is 2.25. The number of amides is 1. The number of benzene rings is 1. The zero-order chi connectivity index (χ0) is 14.2. The molecule has 2 rings (SSSR count). The van der Waals surface area contributed by atoms with E-state index in [4.69, 9.17) is 10.00 Å². The van der Waals surface area contributed by atoms with E-state index in [1.807, 2.05) is 18.2 Å². The number of carbonyl (C=O) groups excluding carboxylic acids is 1. The summed E-state index contributed by atoms with van der Waals surface area (Å²) in [5.41, 5.74) is 0.731. The van der Waals surface area contributed by atoms with Crippen molar-refractivity contribution in [2.75, 3.05) is 11.9 Å². The van der Waals surface area contributed by atoms with Crippen LogP contribution < -0.4 is 10.1 Å². The maximum atomic E-state index is 12.2. The highest BCUT2D eigenvalue weighted by molar-refractivity contribution is 5.92. The molecule has 1 amide bonds. The number of rotatable bonds is 4. The standard InChI is InChI=1S/C16H20N2O2/c17-10-11-20-15-9-5-8-14(12-15)18-16(19)13-6-3-1-2-4-7-13/h5,8-9,12-13H,1-4,6-7,11H2,(H,18,19). The van der Waals surface area contributed by atoms with E-state index in [1.165, 1.54) is 12.8 Å². The third-order valence-corrected chi connectivity index (χ3v) is 3.63. The van der Waals surface area contributed by atoms with Crippen LogP contribution in [0.25, 0.3) is 0 Å². The van der Waals surface area contributed by atoms with Gasteiger partial charge in [0, 0.05) is 17.7 Å². The SMILES string of the molecule is N#CCOc1cccc(NC(=O)C2CCCCCC2)c1. The minimum Gasteiger partial charge on any atom is -0.479 e. The molecule has 4 nitrogen and oxygen atoms in total. The van der Waals surface area contributed by atoms with Gasteiger partial charge in [0.15, 0.2) is 6.61 Å². The van der Waals surface area contributed by atoms with E-state index in [0.29, 0.717) is 5.75 Å². The fraction of sp³-hybridized carbons (Fsp3) is 0.500. The van der Waals surface area contributed by atoms with Gasteiger partial charge in [-0.15, -0.1) is 0 Å². The second-order valence-electron chi connectivity index (χ2n) is 5.15. The molecule has 0 spiro atoms. The van der Waals surface area contributed by atoms with E-state index in [1.54, 1.807) is 12.1 Å². The molecule has 0 heterocycles. The summed E-state index contributed by atoms with van der Waals surface area (Å²) in [7, 11) is 0. The van der Waals surface area contributed by atoms with Gasteiger partial charge in [0.2, 0.25) is 5.91 Å². The van der Waals surface area contributed by atoms with Crippen molar-refractivity contribution in [3.05, 3.63) is 24.3 Å². The Labute approximate surface area is 119 Å². The topological polar surface area (TPSA) is 62.1 Å². The highest BCUT2D eigenvalue weighted by Gasteiger charge is 2.20. The lowest BCUT2D eigenvalue weighted by atomic mass is 9.99. The molecule has 0 unspecified atom stereocenters. The zero-order valence-corrected chi connectivity index (χ0v) is 11.6. The largest absolute Gasteiger partial charge is 0.479 e. The van der Waals surface area contributed by atoms with Crippen LogP contribution in [0.1, 0.15) is 38.5 Å². The molecule has 0 atom stereocenters. The van der Waals surface area contributed by atoms with Gasteiger partial charge < -0.3 is 10.1 Å². The zero-order valence-electron chi connectivity index (χ0n) is 11.6. The van der Waals surface area contributed by atoms with Crippen LogP contribution in [0.15, 0.2) is 24.3 Å². The quantitative estimate of drug-likeness (QED) is 0.853. The number of nitrogens with zero attached hydrogens (tertiary/aromatic N) is 1. The number of nitriles is 1. The van der Waals surface area contributed by atoms with Crippen LogP contribution in [0.5, 0.6) is 5.75 Å². The number of ether oxygens (including phenoxy) is 1.